The lowest BCUT2D eigenvalue weighted by Gasteiger charge is -2.13. The van der Waals surface area contributed by atoms with E-state index in [1.165, 1.54) is 30.5 Å². The third kappa shape index (κ3) is 4.28. The van der Waals surface area contributed by atoms with Gasteiger partial charge < -0.3 is 10.1 Å². The van der Waals surface area contributed by atoms with Gasteiger partial charge in [0, 0.05) is 17.3 Å². The molecule has 3 amide bonds. The number of hydrogen-bond acceptors (Lipinski definition) is 7. The molecular weight excluding hydrogens is 539 g/mol. The number of hydrazone groups is 1. The highest BCUT2D eigenvalue weighted by Gasteiger charge is 2.59. The van der Waals surface area contributed by atoms with Gasteiger partial charge in [0.1, 0.15) is 5.82 Å². The van der Waals surface area contributed by atoms with Crippen molar-refractivity contribution in [2.24, 2.45) is 28.8 Å². The highest BCUT2D eigenvalue weighted by atomic mass is 79.9. The maximum atomic E-state index is 13.3. The van der Waals surface area contributed by atoms with Gasteiger partial charge in [-0.3, -0.25) is 24.5 Å². The second-order valence-corrected chi connectivity index (χ2v) is 9.54. The van der Waals surface area contributed by atoms with E-state index < -0.39 is 40.8 Å². The summed E-state index contributed by atoms with van der Waals surface area (Å²) < 4.78 is 18.8. The molecule has 2 bridgehead atoms. The van der Waals surface area contributed by atoms with Gasteiger partial charge >= 0.3 is 5.69 Å². The summed E-state index contributed by atoms with van der Waals surface area (Å²) in [5, 5.41) is 19.0. The summed E-state index contributed by atoms with van der Waals surface area (Å²) in [5.74, 6) is -2.83. The zero-order valence-electron chi connectivity index (χ0n) is 18.5. The van der Waals surface area contributed by atoms with Gasteiger partial charge in [-0.25, -0.2) is 4.39 Å². The van der Waals surface area contributed by atoms with Gasteiger partial charge in [-0.2, -0.15) is 10.1 Å². The number of benzene rings is 2. The largest absolute Gasteiger partial charge is 0.476 e. The Bertz CT molecular complexity index is 1330. The zero-order valence-corrected chi connectivity index (χ0v) is 20.1. The van der Waals surface area contributed by atoms with Crippen molar-refractivity contribution in [3.8, 4) is 5.75 Å². The van der Waals surface area contributed by atoms with E-state index in [1.807, 2.05) is 12.2 Å². The molecule has 184 valence electrons. The number of nitro groups is 1. The van der Waals surface area contributed by atoms with Crippen molar-refractivity contribution in [1.82, 2.24) is 5.01 Å². The molecule has 0 spiro atoms. The number of ether oxygens (including phenoxy) is 1. The number of carbonyl (C=O) groups is 3. The Morgan fingerprint density at radius 2 is 1.92 bits per heavy atom. The van der Waals surface area contributed by atoms with E-state index in [-0.39, 0.29) is 45.1 Å². The fraction of sp³-hybridized carbons (Fsp3) is 0.250. The topological polar surface area (TPSA) is 131 Å². The van der Waals surface area contributed by atoms with Crippen molar-refractivity contribution in [1.29, 1.82) is 0 Å². The summed E-state index contributed by atoms with van der Waals surface area (Å²) in [6.07, 6.45) is 5.94. The van der Waals surface area contributed by atoms with Crippen LogP contribution in [0.4, 0.5) is 15.8 Å². The van der Waals surface area contributed by atoms with Crippen LogP contribution in [-0.2, 0) is 14.4 Å². The van der Waals surface area contributed by atoms with Crippen LogP contribution >= 0.6 is 15.9 Å². The van der Waals surface area contributed by atoms with Gasteiger partial charge in [-0.1, -0.05) is 18.2 Å². The second-order valence-electron chi connectivity index (χ2n) is 8.69. The molecule has 3 aliphatic rings. The van der Waals surface area contributed by atoms with E-state index in [9.17, 15) is 28.9 Å². The second kappa shape index (κ2) is 9.26. The van der Waals surface area contributed by atoms with Crippen molar-refractivity contribution in [2.75, 3.05) is 11.9 Å². The van der Waals surface area contributed by atoms with E-state index in [0.717, 1.165) is 23.6 Å². The first kappa shape index (κ1) is 23.8. The van der Waals surface area contributed by atoms with Crippen LogP contribution in [-0.4, -0.2) is 40.5 Å². The Labute approximate surface area is 212 Å². The molecule has 2 fully saturated rings. The summed E-state index contributed by atoms with van der Waals surface area (Å²) >= 11 is 3.21. The fourth-order valence-corrected chi connectivity index (χ4v) is 5.56. The fourth-order valence-electron chi connectivity index (χ4n) is 4.98. The molecule has 1 heterocycles. The summed E-state index contributed by atoms with van der Waals surface area (Å²) in [7, 11) is 0. The Kier molecular flexibility index (Phi) is 6.12. The third-order valence-corrected chi connectivity index (χ3v) is 7.06. The van der Waals surface area contributed by atoms with Gasteiger partial charge in [0.05, 0.1) is 27.4 Å². The highest BCUT2D eigenvalue weighted by Crippen LogP contribution is 2.52. The number of allylic oxidation sites excluding steroid dienone is 2. The molecule has 2 aromatic carbocycles. The maximum absolute atomic E-state index is 13.3. The molecule has 5 rings (SSSR count). The van der Waals surface area contributed by atoms with Gasteiger partial charge in [0.25, 0.3) is 17.7 Å². The third-order valence-electron chi connectivity index (χ3n) is 6.47. The van der Waals surface area contributed by atoms with Gasteiger partial charge in [-0.15, -0.1) is 0 Å². The molecule has 1 saturated carbocycles. The van der Waals surface area contributed by atoms with Crippen molar-refractivity contribution >= 4 is 51.2 Å². The minimum absolute atomic E-state index is 0.0430. The molecule has 1 N–H and O–H groups in total. The molecule has 12 heteroatoms. The SMILES string of the molecule is O=C(COc1c(Br)cc(C=NN2C(=O)[C@@H]3[C@H](C2=O)[C@H]2C=C[C@H]3C2)cc1[N+](=O)[O-])Nc1cccc(F)c1. The van der Waals surface area contributed by atoms with Crippen LogP contribution in [0.5, 0.6) is 5.75 Å². The van der Waals surface area contributed by atoms with Gasteiger partial charge in [0.2, 0.25) is 5.75 Å². The molecule has 2 aromatic rings. The molecule has 1 aliphatic heterocycles. The van der Waals surface area contributed by atoms with Crippen LogP contribution in [0.3, 0.4) is 0 Å². The Hall–Kier alpha value is -3.93. The number of fused-ring (bicyclic) bond motifs is 5. The summed E-state index contributed by atoms with van der Waals surface area (Å²) in [4.78, 5) is 48.7. The highest BCUT2D eigenvalue weighted by molar-refractivity contribution is 9.10. The van der Waals surface area contributed by atoms with E-state index in [0.29, 0.717) is 0 Å². The Morgan fingerprint density at radius 1 is 1.22 bits per heavy atom. The standard InChI is InChI=1S/C24H18BrFN4O6/c25-17-6-12(10-27-29-23(32)20-13-4-5-14(8-13)21(20)24(29)33)7-18(30(34)35)22(17)36-11-19(31)28-16-3-1-2-15(26)9-16/h1-7,9-10,13-14,20-21H,8,11H2,(H,28,31)/t13-,14-,20-,21+/m0/s1. The van der Waals surface area contributed by atoms with Crippen LogP contribution in [0.25, 0.3) is 0 Å². The molecule has 0 aromatic heterocycles. The maximum Gasteiger partial charge on any atom is 0.312 e. The quantitative estimate of drug-likeness (QED) is 0.182. The van der Waals surface area contributed by atoms with Crippen LogP contribution in [0, 0.1) is 39.6 Å². The Morgan fingerprint density at radius 3 is 2.56 bits per heavy atom. The summed E-state index contributed by atoms with van der Waals surface area (Å²) in [6.45, 7) is -0.570. The molecular formula is C24H18BrFN4O6. The number of nitrogens with zero attached hydrogens (tertiary/aromatic N) is 3. The summed E-state index contributed by atoms with van der Waals surface area (Å²) in [6, 6.07) is 7.86. The monoisotopic (exact) mass is 556 g/mol. The van der Waals surface area contributed by atoms with E-state index >= 15 is 0 Å². The minimum Gasteiger partial charge on any atom is -0.476 e. The van der Waals surface area contributed by atoms with Crippen LogP contribution in [0.15, 0.2) is 58.1 Å². The molecule has 36 heavy (non-hydrogen) atoms. The first-order chi connectivity index (χ1) is 17.2. The zero-order chi connectivity index (χ0) is 25.6. The average Bonchev–Trinajstić information content (AvgIpc) is 3.50. The lowest BCUT2D eigenvalue weighted by Crippen LogP contribution is -2.28. The predicted octanol–water partition coefficient (Wildman–Crippen LogP) is 3.65. The lowest BCUT2D eigenvalue weighted by atomic mass is 9.85. The molecule has 10 nitrogen and oxygen atoms in total. The van der Waals surface area contributed by atoms with Crippen LogP contribution in [0.1, 0.15) is 12.0 Å². The number of anilines is 1. The van der Waals surface area contributed by atoms with Crippen molar-refractivity contribution < 1.29 is 28.4 Å². The first-order valence-corrected chi connectivity index (χ1v) is 11.8. The predicted molar refractivity (Wildman–Crippen MR) is 128 cm³/mol. The molecule has 2 aliphatic carbocycles. The van der Waals surface area contributed by atoms with E-state index in [4.69, 9.17) is 4.74 Å². The summed E-state index contributed by atoms with van der Waals surface area (Å²) in [5.41, 5.74) is -0.00544. The number of halogens is 2. The van der Waals surface area contributed by atoms with Crippen LogP contribution in [0.2, 0.25) is 0 Å². The molecule has 1 saturated heterocycles. The number of rotatable bonds is 7. The van der Waals surface area contributed by atoms with Gasteiger partial charge in [0.15, 0.2) is 6.61 Å². The molecule has 0 radical (unpaired) electrons. The normalized spacial score (nSPS) is 24.0. The van der Waals surface area contributed by atoms with Crippen molar-refractivity contribution in [3.05, 3.63) is 74.5 Å². The van der Waals surface area contributed by atoms with Crippen molar-refractivity contribution in [3.63, 3.8) is 0 Å². The average molecular weight is 557 g/mol. The van der Waals surface area contributed by atoms with E-state index in [2.05, 4.69) is 26.3 Å². The van der Waals surface area contributed by atoms with Crippen LogP contribution < -0.4 is 10.1 Å². The number of hydrogen-bond donors (Lipinski definition) is 1. The minimum atomic E-state index is -0.693. The first-order valence-electron chi connectivity index (χ1n) is 11.0. The van der Waals surface area contributed by atoms with E-state index in [1.54, 1.807) is 0 Å². The molecule has 0 unspecified atom stereocenters. The smallest absolute Gasteiger partial charge is 0.312 e. The molecule has 4 atom stereocenters. The Balaban J connectivity index is 1.30. The number of imide groups is 1. The number of amides is 3. The van der Waals surface area contributed by atoms with Gasteiger partial charge in [-0.05, 0) is 58.5 Å². The number of nitro benzene ring substituents is 1. The lowest BCUT2D eigenvalue weighted by molar-refractivity contribution is -0.385. The number of carbonyl (C=O) groups excluding carboxylic acids is 3. The van der Waals surface area contributed by atoms with Crippen molar-refractivity contribution in [2.45, 2.75) is 6.42 Å². The number of nitrogens with one attached hydrogen (secondary N) is 1.